The van der Waals surface area contributed by atoms with Crippen LogP contribution >= 0.6 is 37.2 Å². The molecule has 0 aliphatic rings. The van der Waals surface area contributed by atoms with Gasteiger partial charge in [-0.2, -0.15) is 0 Å². The first kappa shape index (κ1) is 27.9. The Morgan fingerprint density at radius 2 is 1.10 bits per heavy atom. The van der Waals surface area contributed by atoms with E-state index in [9.17, 15) is 0 Å². The summed E-state index contributed by atoms with van der Waals surface area (Å²) in [5.74, 6) is 0. The standard InChI is InChI=1S/C25H40N.I3/c1-2-3-4-5-6-7-8-9-10-11-12-13-14-17-21-26-22-20-24-18-15-16-19-25(24)23-26;1-3-2/h15-16,18-20,22-23H,2-14,17,21H2,1H3;/q+1;-1. The zero-order valence-corrected chi connectivity index (χ0v) is 24.7. The molecule has 29 heavy (non-hydrogen) atoms. The van der Waals surface area contributed by atoms with E-state index in [1.165, 1.54) is 101 Å². The first-order valence-corrected chi connectivity index (χ1v) is 24.1. The van der Waals surface area contributed by atoms with Gasteiger partial charge in [0.05, 0.1) is 0 Å². The molecule has 0 amide bonds. The number of rotatable bonds is 15. The molecule has 1 aromatic heterocycles. The third kappa shape index (κ3) is 15.3. The van der Waals surface area contributed by atoms with E-state index in [-0.39, 0.29) is 0 Å². The summed E-state index contributed by atoms with van der Waals surface area (Å²) >= 11 is 5.30. The fraction of sp³-hybridized carbons (Fsp3) is 0.640. The van der Waals surface area contributed by atoms with Gasteiger partial charge in [-0.05, 0) is 17.9 Å². The van der Waals surface area contributed by atoms with Crippen LogP contribution in [-0.4, -0.2) is 0 Å². The molecule has 0 saturated heterocycles. The van der Waals surface area contributed by atoms with Gasteiger partial charge in [0.1, 0.15) is 6.54 Å². The van der Waals surface area contributed by atoms with Crippen LogP contribution in [0.3, 0.4) is 0 Å². The molecule has 0 bridgehead atoms. The Morgan fingerprint density at radius 3 is 1.62 bits per heavy atom. The van der Waals surface area contributed by atoms with Crippen molar-refractivity contribution in [3.05, 3.63) is 42.7 Å². The van der Waals surface area contributed by atoms with Crippen LogP contribution in [0.1, 0.15) is 96.8 Å². The van der Waals surface area contributed by atoms with E-state index in [1.807, 2.05) is 0 Å². The summed E-state index contributed by atoms with van der Waals surface area (Å²) in [4.78, 5) is 0. The second kappa shape index (κ2) is 20.7. The zero-order chi connectivity index (χ0) is 21.0. The number of benzene rings is 1. The van der Waals surface area contributed by atoms with Crippen molar-refractivity contribution < 1.29 is 17.8 Å². The second-order valence-corrected chi connectivity index (χ2v) is 24.2. The second-order valence-electron chi connectivity index (χ2n) is 7.96. The molecule has 0 unspecified atom stereocenters. The third-order valence-corrected chi connectivity index (χ3v) is 5.52. The van der Waals surface area contributed by atoms with E-state index >= 15 is 0 Å². The molecule has 1 heterocycles. The van der Waals surface area contributed by atoms with Crippen LogP contribution in [-0.2, 0) is 6.54 Å². The molecule has 0 spiro atoms. The molecule has 166 valence electrons. The third-order valence-electron chi connectivity index (χ3n) is 5.52. The first-order valence-electron chi connectivity index (χ1n) is 11.6. The van der Waals surface area contributed by atoms with Gasteiger partial charge >= 0.3 is 50.5 Å². The van der Waals surface area contributed by atoms with Crippen molar-refractivity contribution in [1.82, 2.24) is 0 Å². The molecule has 0 aliphatic heterocycles. The van der Waals surface area contributed by atoms with Crippen molar-refractivity contribution in [2.24, 2.45) is 0 Å². The Balaban J connectivity index is 0.00000132. The van der Waals surface area contributed by atoms with Crippen molar-refractivity contribution in [2.75, 3.05) is 0 Å². The number of aryl methyl sites for hydroxylation is 1. The maximum absolute atomic E-state index is 2.39. The predicted octanol–water partition coefficient (Wildman–Crippen LogP) is 6.38. The number of aromatic nitrogens is 1. The van der Waals surface area contributed by atoms with Crippen LogP contribution in [0, 0.1) is 0 Å². The number of fused-ring (bicyclic) bond motifs is 1. The SMILES string of the molecule is CCCCCCCCCCCCCCCC[n+]1ccc2ccccc2c1.I[I-]I. The van der Waals surface area contributed by atoms with Crippen LogP contribution in [0.2, 0.25) is 0 Å². The van der Waals surface area contributed by atoms with E-state index in [0.717, 1.165) is 6.54 Å². The molecule has 0 saturated carbocycles. The van der Waals surface area contributed by atoms with Gasteiger partial charge in [0.15, 0.2) is 12.4 Å². The summed E-state index contributed by atoms with van der Waals surface area (Å²) in [6.07, 6.45) is 24.5. The molecule has 0 N–H and O–H groups in total. The van der Waals surface area contributed by atoms with Gasteiger partial charge in [-0.1, -0.05) is 102 Å². The van der Waals surface area contributed by atoms with E-state index < -0.39 is 0 Å². The zero-order valence-electron chi connectivity index (χ0n) is 18.2. The number of hydrogen-bond donors (Lipinski definition) is 0. The molecule has 0 fully saturated rings. The molecule has 0 radical (unpaired) electrons. The summed E-state index contributed by atoms with van der Waals surface area (Å²) in [5, 5.41) is 2.69. The van der Waals surface area contributed by atoms with Crippen LogP contribution in [0.4, 0.5) is 0 Å². The molecular weight excluding hydrogens is 695 g/mol. The number of hydrogen-bond acceptors (Lipinski definition) is 0. The van der Waals surface area contributed by atoms with Crippen LogP contribution in [0.25, 0.3) is 10.8 Å². The molecule has 0 aliphatic carbocycles. The van der Waals surface area contributed by atoms with Gasteiger partial charge < -0.3 is 0 Å². The van der Waals surface area contributed by atoms with Gasteiger partial charge in [0.25, 0.3) is 0 Å². The van der Waals surface area contributed by atoms with Crippen LogP contribution in [0.15, 0.2) is 42.7 Å². The Kier molecular flexibility index (Phi) is 19.9. The minimum absolute atomic E-state index is 0.530. The molecule has 1 nitrogen and oxygen atoms in total. The summed E-state index contributed by atoms with van der Waals surface area (Å²) in [7, 11) is 0. The fourth-order valence-electron chi connectivity index (χ4n) is 3.81. The molecule has 0 atom stereocenters. The normalized spacial score (nSPS) is 10.9. The van der Waals surface area contributed by atoms with Crippen molar-refractivity contribution >= 4 is 48.0 Å². The monoisotopic (exact) mass is 735 g/mol. The Labute approximate surface area is 209 Å². The van der Waals surface area contributed by atoms with Crippen molar-refractivity contribution in [1.29, 1.82) is 0 Å². The molecule has 2 rings (SSSR count). The fourth-order valence-corrected chi connectivity index (χ4v) is 3.81. The summed E-state index contributed by atoms with van der Waals surface area (Å²) < 4.78 is 2.35. The van der Waals surface area contributed by atoms with E-state index in [1.54, 1.807) is 0 Å². The number of nitrogens with zero attached hydrogens (tertiary/aromatic N) is 1. The quantitative estimate of drug-likeness (QED) is 0.114. The molecule has 1 aromatic carbocycles. The Bertz CT molecular complexity index is 618. The van der Waals surface area contributed by atoms with Crippen LogP contribution in [0.5, 0.6) is 0 Å². The van der Waals surface area contributed by atoms with E-state index in [2.05, 4.69) is 91.4 Å². The molecule has 2 aromatic rings. The molecular formula is C25H40I3N. The Morgan fingerprint density at radius 1 is 0.655 bits per heavy atom. The van der Waals surface area contributed by atoms with Crippen LogP contribution < -0.4 is 17.8 Å². The number of pyridine rings is 1. The molecule has 4 heteroatoms. The predicted molar refractivity (Wildman–Crippen MR) is 142 cm³/mol. The van der Waals surface area contributed by atoms with E-state index in [4.69, 9.17) is 0 Å². The number of unbranched alkanes of at least 4 members (excludes halogenated alkanes) is 13. The maximum atomic E-state index is 2.39. The average Bonchev–Trinajstić information content (AvgIpc) is 2.74. The first-order chi connectivity index (χ1) is 14.3. The van der Waals surface area contributed by atoms with Gasteiger partial charge in [-0.15, -0.1) is 0 Å². The topological polar surface area (TPSA) is 3.88 Å². The Hall–Kier alpha value is 0.820. The number of halogens is 3. The average molecular weight is 735 g/mol. The van der Waals surface area contributed by atoms with E-state index in [0.29, 0.717) is 13.3 Å². The summed E-state index contributed by atoms with van der Waals surface area (Å²) in [5.41, 5.74) is 0. The van der Waals surface area contributed by atoms with Gasteiger partial charge in [-0.25, -0.2) is 4.57 Å². The van der Waals surface area contributed by atoms with Crippen molar-refractivity contribution in [2.45, 2.75) is 103 Å². The van der Waals surface area contributed by atoms with Crippen molar-refractivity contribution in [3.63, 3.8) is 0 Å². The minimum atomic E-state index is 0.530. The van der Waals surface area contributed by atoms with Gasteiger partial charge in [0.2, 0.25) is 0 Å². The van der Waals surface area contributed by atoms with Crippen molar-refractivity contribution in [3.8, 4) is 0 Å². The van der Waals surface area contributed by atoms with Gasteiger partial charge in [-0.3, -0.25) is 0 Å². The summed E-state index contributed by atoms with van der Waals surface area (Å²) in [6, 6.07) is 10.9. The summed E-state index contributed by atoms with van der Waals surface area (Å²) in [6.45, 7) is 3.45. The van der Waals surface area contributed by atoms with Gasteiger partial charge in [0, 0.05) is 17.9 Å².